The molecule has 2 rings (SSSR count). The topological polar surface area (TPSA) is 40.5 Å². The Hall–Kier alpha value is -0.0800. The van der Waals surface area contributed by atoms with Crippen molar-refractivity contribution in [3.63, 3.8) is 0 Å². The maximum absolute atomic E-state index is 10.1. The number of aliphatic hydroxyl groups excluding tert-OH is 2. The lowest BCUT2D eigenvalue weighted by molar-refractivity contribution is -0.0321. The van der Waals surface area contributed by atoms with Crippen LogP contribution in [-0.2, 0) is 0 Å². The lowest BCUT2D eigenvalue weighted by Gasteiger charge is -2.45. The van der Waals surface area contributed by atoms with Crippen molar-refractivity contribution in [1.82, 2.24) is 0 Å². The van der Waals surface area contributed by atoms with E-state index in [-0.39, 0.29) is 6.10 Å². The van der Waals surface area contributed by atoms with Crippen LogP contribution in [0.2, 0.25) is 0 Å². The molecular formula is C13H24O2. The highest BCUT2D eigenvalue weighted by molar-refractivity contribution is 5.01. The molecule has 5 atom stereocenters. The third kappa shape index (κ3) is 1.72. The summed E-state index contributed by atoms with van der Waals surface area (Å²) in [6.07, 6.45) is 5.65. The Balaban J connectivity index is 2.17. The summed E-state index contributed by atoms with van der Waals surface area (Å²) in [4.78, 5) is 0. The van der Waals surface area contributed by atoms with Crippen molar-refractivity contribution in [2.75, 3.05) is 6.61 Å². The second-order valence-corrected chi connectivity index (χ2v) is 5.92. The van der Waals surface area contributed by atoms with Crippen molar-refractivity contribution in [3.8, 4) is 0 Å². The van der Waals surface area contributed by atoms with Gasteiger partial charge in [-0.2, -0.15) is 0 Å². The van der Waals surface area contributed by atoms with E-state index in [0.717, 1.165) is 19.3 Å². The van der Waals surface area contributed by atoms with Gasteiger partial charge in [0.05, 0.1) is 6.10 Å². The monoisotopic (exact) mass is 212 g/mol. The first-order valence-corrected chi connectivity index (χ1v) is 6.38. The Labute approximate surface area is 92.7 Å². The fraction of sp³-hybridized carbons (Fsp3) is 1.00. The van der Waals surface area contributed by atoms with Crippen LogP contribution in [0.25, 0.3) is 0 Å². The SMILES string of the molecule is CC(CO)[C@H]1CCC2[C@@H](O)CCC[C@@]21C. The largest absolute Gasteiger partial charge is 0.396 e. The summed E-state index contributed by atoms with van der Waals surface area (Å²) in [6.45, 7) is 4.78. The first-order chi connectivity index (χ1) is 7.09. The fourth-order valence-corrected chi connectivity index (χ4v) is 4.25. The third-order valence-corrected chi connectivity index (χ3v) is 5.14. The van der Waals surface area contributed by atoms with Crippen molar-refractivity contribution < 1.29 is 10.2 Å². The average molecular weight is 212 g/mol. The molecule has 2 nitrogen and oxygen atoms in total. The minimum absolute atomic E-state index is 0.0837. The molecule has 2 fully saturated rings. The maximum atomic E-state index is 10.1. The van der Waals surface area contributed by atoms with Gasteiger partial charge in [0, 0.05) is 6.61 Å². The molecule has 0 aliphatic heterocycles. The van der Waals surface area contributed by atoms with Crippen LogP contribution in [-0.4, -0.2) is 22.9 Å². The molecule has 0 amide bonds. The highest BCUT2D eigenvalue weighted by Crippen LogP contribution is 2.57. The van der Waals surface area contributed by atoms with Crippen LogP contribution in [0.4, 0.5) is 0 Å². The van der Waals surface area contributed by atoms with E-state index < -0.39 is 0 Å². The highest BCUT2D eigenvalue weighted by atomic mass is 16.3. The molecule has 2 unspecified atom stereocenters. The Morgan fingerprint density at radius 1 is 1.33 bits per heavy atom. The molecule has 2 aliphatic carbocycles. The van der Waals surface area contributed by atoms with Crippen LogP contribution in [0.1, 0.15) is 46.0 Å². The lowest BCUT2D eigenvalue weighted by Crippen LogP contribution is -2.41. The van der Waals surface area contributed by atoms with Gasteiger partial charge in [-0.3, -0.25) is 0 Å². The first-order valence-electron chi connectivity index (χ1n) is 6.38. The summed E-state index contributed by atoms with van der Waals surface area (Å²) in [5.41, 5.74) is 0.291. The molecule has 2 N–H and O–H groups in total. The van der Waals surface area contributed by atoms with Crippen molar-refractivity contribution in [3.05, 3.63) is 0 Å². The van der Waals surface area contributed by atoms with Crippen LogP contribution >= 0.6 is 0 Å². The Kier molecular flexibility index (Phi) is 3.09. The average Bonchev–Trinajstić information content (AvgIpc) is 2.56. The van der Waals surface area contributed by atoms with Gasteiger partial charge in [-0.1, -0.05) is 20.3 Å². The molecule has 0 heterocycles. The zero-order valence-corrected chi connectivity index (χ0v) is 9.95. The number of fused-ring (bicyclic) bond motifs is 1. The molecule has 2 aliphatic rings. The van der Waals surface area contributed by atoms with Gasteiger partial charge in [-0.25, -0.2) is 0 Å². The molecule has 0 aromatic heterocycles. The lowest BCUT2D eigenvalue weighted by atomic mass is 9.62. The van der Waals surface area contributed by atoms with Gasteiger partial charge in [0.25, 0.3) is 0 Å². The van der Waals surface area contributed by atoms with Crippen LogP contribution < -0.4 is 0 Å². The normalized spacial score (nSPS) is 47.6. The van der Waals surface area contributed by atoms with Crippen molar-refractivity contribution in [2.24, 2.45) is 23.2 Å². The Morgan fingerprint density at radius 2 is 2.07 bits per heavy atom. The van der Waals surface area contributed by atoms with E-state index in [9.17, 15) is 10.2 Å². The Bertz CT molecular complexity index is 229. The van der Waals surface area contributed by atoms with Crippen LogP contribution in [0.5, 0.6) is 0 Å². The van der Waals surface area contributed by atoms with E-state index >= 15 is 0 Å². The molecule has 0 saturated heterocycles. The van der Waals surface area contributed by atoms with Gasteiger partial charge in [0.15, 0.2) is 0 Å². The van der Waals surface area contributed by atoms with Crippen molar-refractivity contribution in [1.29, 1.82) is 0 Å². The van der Waals surface area contributed by atoms with E-state index in [4.69, 9.17) is 0 Å². The van der Waals surface area contributed by atoms with E-state index in [1.807, 2.05) is 0 Å². The summed E-state index contributed by atoms with van der Waals surface area (Å²) in [6, 6.07) is 0. The number of hydrogen-bond acceptors (Lipinski definition) is 2. The third-order valence-electron chi connectivity index (χ3n) is 5.14. The molecule has 0 aromatic carbocycles. The van der Waals surface area contributed by atoms with E-state index in [1.165, 1.54) is 12.8 Å². The van der Waals surface area contributed by atoms with Gasteiger partial charge in [-0.05, 0) is 48.9 Å². The molecule has 2 saturated carbocycles. The predicted molar refractivity (Wildman–Crippen MR) is 60.4 cm³/mol. The predicted octanol–water partition coefficient (Wildman–Crippen LogP) is 2.19. The molecule has 0 bridgehead atoms. The summed E-state index contributed by atoms with van der Waals surface area (Å²) >= 11 is 0. The quantitative estimate of drug-likeness (QED) is 0.736. The fourth-order valence-electron chi connectivity index (χ4n) is 4.25. The van der Waals surface area contributed by atoms with E-state index in [0.29, 0.717) is 29.8 Å². The first kappa shape index (κ1) is 11.4. The van der Waals surface area contributed by atoms with E-state index in [2.05, 4.69) is 13.8 Å². The summed E-state index contributed by atoms with van der Waals surface area (Å²) in [5, 5.41) is 19.4. The number of hydrogen-bond donors (Lipinski definition) is 2. The van der Waals surface area contributed by atoms with E-state index in [1.54, 1.807) is 0 Å². The molecular weight excluding hydrogens is 188 g/mol. The standard InChI is InChI=1S/C13H24O2/c1-9(8-14)10-5-6-11-12(15)4-3-7-13(10,11)2/h9-12,14-15H,3-8H2,1-2H3/t9?,10-,11?,12+,13-/m1/s1. The molecule has 0 aromatic rings. The van der Waals surface area contributed by atoms with Crippen molar-refractivity contribution in [2.45, 2.75) is 52.1 Å². The second kappa shape index (κ2) is 4.06. The van der Waals surface area contributed by atoms with Gasteiger partial charge >= 0.3 is 0 Å². The minimum atomic E-state index is -0.0837. The smallest absolute Gasteiger partial charge is 0.0573 e. The molecule has 0 radical (unpaired) electrons. The van der Waals surface area contributed by atoms with Crippen LogP contribution in [0.15, 0.2) is 0 Å². The highest BCUT2D eigenvalue weighted by Gasteiger charge is 2.51. The molecule has 88 valence electrons. The van der Waals surface area contributed by atoms with Crippen LogP contribution in [0.3, 0.4) is 0 Å². The van der Waals surface area contributed by atoms with Gasteiger partial charge < -0.3 is 10.2 Å². The summed E-state index contributed by atoms with van der Waals surface area (Å²) in [7, 11) is 0. The Morgan fingerprint density at radius 3 is 2.73 bits per heavy atom. The molecule has 15 heavy (non-hydrogen) atoms. The zero-order valence-electron chi connectivity index (χ0n) is 9.95. The number of aliphatic hydroxyl groups is 2. The van der Waals surface area contributed by atoms with Crippen molar-refractivity contribution >= 4 is 0 Å². The molecule has 2 heteroatoms. The van der Waals surface area contributed by atoms with Gasteiger partial charge in [-0.15, -0.1) is 0 Å². The van der Waals surface area contributed by atoms with Gasteiger partial charge in [0.1, 0.15) is 0 Å². The van der Waals surface area contributed by atoms with Gasteiger partial charge in [0.2, 0.25) is 0 Å². The van der Waals surface area contributed by atoms with Crippen LogP contribution in [0, 0.1) is 23.2 Å². The summed E-state index contributed by atoms with van der Waals surface area (Å²) in [5.74, 6) is 1.50. The summed E-state index contributed by atoms with van der Waals surface area (Å²) < 4.78 is 0. The number of rotatable bonds is 2. The minimum Gasteiger partial charge on any atom is -0.396 e. The molecule has 0 spiro atoms. The second-order valence-electron chi connectivity index (χ2n) is 5.92. The maximum Gasteiger partial charge on any atom is 0.0573 e. The zero-order chi connectivity index (χ0) is 11.1.